The molecule has 0 aromatic rings. The van der Waals surface area contributed by atoms with E-state index in [0.29, 0.717) is 6.61 Å². The third-order valence-corrected chi connectivity index (χ3v) is 3.24. The summed E-state index contributed by atoms with van der Waals surface area (Å²) in [6, 6.07) is 0. The maximum absolute atomic E-state index is 11.3. The maximum Gasteiger partial charge on any atom is 0.328 e. The lowest BCUT2D eigenvalue weighted by atomic mass is 10.1. The Kier molecular flexibility index (Phi) is 2.78. The average Bonchev–Trinajstić information content (AvgIpc) is 1.87. The van der Waals surface area contributed by atoms with Crippen LogP contribution in [0.3, 0.4) is 0 Å². The zero-order chi connectivity index (χ0) is 8.32. The average molecular weight is 175 g/mol. The second-order valence-corrected chi connectivity index (χ2v) is 3.53. The molecule has 1 heterocycles. The van der Waals surface area contributed by atoms with Gasteiger partial charge in [-0.3, -0.25) is 0 Å². The largest absolute Gasteiger partial charge is 0.465 e. The number of rotatable bonds is 3. The summed E-state index contributed by atoms with van der Waals surface area (Å²) in [4.78, 5) is 11.3. The molecule has 1 aliphatic rings. The second kappa shape index (κ2) is 3.45. The summed E-state index contributed by atoms with van der Waals surface area (Å²) in [5, 5.41) is 3.00. The Hall–Kier alpha value is -0.220. The highest BCUT2D eigenvalue weighted by Gasteiger charge is 2.44. The number of esters is 1. The number of carbonyl (C=O) groups excluding carboxylic acids is 1. The predicted molar refractivity (Wildman–Crippen MR) is 45.7 cm³/mol. The third-order valence-electron chi connectivity index (χ3n) is 1.84. The number of hydrogen-bond acceptors (Lipinski definition) is 4. The first-order valence-corrected chi connectivity index (χ1v) is 4.84. The van der Waals surface area contributed by atoms with Gasteiger partial charge in [0.25, 0.3) is 0 Å². The van der Waals surface area contributed by atoms with Gasteiger partial charge >= 0.3 is 5.97 Å². The molecule has 0 aromatic carbocycles. The van der Waals surface area contributed by atoms with Crippen molar-refractivity contribution in [3.63, 3.8) is 0 Å². The highest BCUT2D eigenvalue weighted by Crippen LogP contribution is 2.30. The van der Waals surface area contributed by atoms with Crippen molar-refractivity contribution in [2.45, 2.75) is 12.5 Å². The number of nitrogens with one attached hydrogen (secondary N) is 1. The number of hydrogen-bond donors (Lipinski definition) is 1. The van der Waals surface area contributed by atoms with Crippen LogP contribution in [0.1, 0.15) is 6.92 Å². The van der Waals surface area contributed by atoms with Crippen molar-refractivity contribution >= 4 is 17.7 Å². The minimum absolute atomic E-state index is 0.110. The summed E-state index contributed by atoms with van der Waals surface area (Å²) >= 11 is 1.76. The van der Waals surface area contributed by atoms with Crippen molar-refractivity contribution < 1.29 is 9.53 Å². The molecule has 64 valence electrons. The van der Waals surface area contributed by atoms with E-state index in [2.05, 4.69) is 5.32 Å². The van der Waals surface area contributed by atoms with Crippen LogP contribution in [-0.2, 0) is 9.53 Å². The van der Waals surface area contributed by atoms with E-state index >= 15 is 0 Å². The van der Waals surface area contributed by atoms with Gasteiger partial charge in [0.15, 0.2) is 0 Å². The first-order chi connectivity index (χ1) is 5.25. The Morgan fingerprint density at radius 2 is 2.36 bits per heavy atom. The van der Waals surface area contributed by atoms with Gasteiger partial charge in [-0.1, -0.05) is 0 Å². The van der Waals surface area contributed by atoms with Crippen LogP contribution >= 0.6 is 11.8 Å². The van der Waals surface area contributed by atoms with Crippen molar-refractivity contribution in [3.8, 4) is 0 Å². The number of thioether (sulfide) groups is 1. The molecule has 1 fully saturated rings. The van der Waals surface area contributed by atoms with Gasteiger partial charge < -0.3 is 10.1 Å². The quantitative estimate of drug-likeness (QED) is 0.624. The maximum atomic E-state index is 11.3. The van der Waals surface area contributed by atoms with Crippen LogP contribution in [0.15, 0.2) is 0 Å². The predicted octanol–water partition coefficient (Wildman–Crippen LogP) is 0.254. The van der Waals surface area contributed by atoms with Crippen LogP contribution in [0.4, 0.5) is 0 Å². The molecule has 1 saturated heterocycles. The fraction of sp³-hybridized carbons (Fsp3) is 0.857. The molecular weight excluding hydrogens is 162 g/mol. The molecule has 1 N–H and O–H groups in total. The Bertz CT molecular complexity index is 151. The normalized spacial score (nSPS) is 20.5. The van der Waals surface area contributed by atoms with Crippen LogP contribution in [0.25, 0.3) is 0 Å². The van der Waals surface area contributed by atoms with Crippen LogP contribution in [0.5, 0.6) is 0 Å². The lowest BCUT2D eigenvalue weighted by Crippen LogP contribution is -2.61. The van der Waals surface area contributed by atoms with Gasteiger partial charge in [-0.25, -0.2) is 4.79 Å². The number of likely N-dealkylation sites (N-methyl/N-ethyl adjacent to an activating group) is 1. The molecule has 0 aromatic heterocycles. The summed E-state index contributed by atoms with van der Waals surface area (Å²) in [5.41, 5.74) is -0.374. The lowest BCUT2D eigenvalue weighted by molar-refractivity contribution is -0.149. The summed E-state index contributed by atoms with van der Waals surface area (Å²) in [6.45, 7) is 2.29. The lowest BCUT2D eigenvalue weighted by Gasteiger charge is -2.37. The molecule has 1 aliphatic heterocycles. The van der Waals surface area contributed by atoms with Crippen LogP contribution in [0.2, 0.25) is 0 Å². The second-order valence-electron chi connectivity index (χ2n) is 2.55. The van der Waals surface area contributed by atoms with Crippen LogP contribution in [-0.4, -0.2) is 36.7 Å². The fourth-order valence-electron chi connectivity index (χ4n) is 0.940. The molecule has 11 heavy (non-hydrogen) atoms. The minimum Gasteiger partial charge on any atom is -0.465 e. The number of ether oxygens (including phenoxy) is 1. The van der Waals surface area contributed by atoms with Gasteiger partial charge in [-0.05, 0) is 14.0 Å². The van der Waals surface area contributed by atoms with E-state index in [1.165, 1.54) is 0 Å². The molecule has 4 heteroatoms. The molecule has 3 nitrogen and oxygen atoms in total. The van der Waals surface area contributed by atoms with E-state index in [-0.39, 0.29) is 11.5 Å². The fourth-order valence-corrected chi connectivity index (χ4v) is 2.08. The van der Waals surface area contributed by atoms with Crippen molar-refractivity contribution in [2.24, 2.45) is 0 Å². The first-order valence-electron chi connectivity index (χ1n) is 3.69. The van der Waals surface area contributed by atoms with Gasteiger partial charge in [0.2, 0.25) is 0 Å². The Labute approximate surface area is 70.9 Å². The summed E-state index contributed by atoms with van der Waals surface area (Å²) in [6.07, 6.45) is 0. The first kappa shape index (κ1) is 8.87. The highest BCUT2D eigenvalue weighted by molar-refractivity contribution is 8.01. The zero-order valence-corrected chi connectivity index (χ0v) is 7.66. The van der Waals surface area contributed by atoms with E-state index in [9.17, 15) is 4.79 Å². The molecule has 0 unspecified atom stereocenters. The molecular formula is C7H13NO2S. The Morgan fingerprint density at radius 3 is 2.64 bits per heavy atom. The van der Waals surface area contributed by atoms with Crippen molar-refractivity contribution in [3.05, 3.63) is 0 Å². The van der Waals surface area contributed by atoms with E-state index < -0.39 is 0 Å². The smallest absolute Gasteiger partial charge is 0.328 e. The van der Waals surface area contributed by atoms with Crippen molar-refractivity contribution in [1.29, 1.82) is 0 Å². The zero-order valence-electron chi connectivity index (χ0n) is 6.85. The number of carbonyl (C=O) groups is 1. The van der Waals surface area contributed by atoms with Gasteiger partial charge in [-0.2, -0.15) is 11.8 Å². The minimum atomic E-state index is -0.374. The van der Waals surface area contributed by atoms with Gasteiger partial charge in [0.05, 0.1) is 6.61 Å². The summed E-state index contributed by atoms with van der Waals surface area (Å²) < 4.78 is 4.93. The molecule has 0 radical (unpaired) electrons. The van der Waals surface area contributed by atoms with Gasteiger partial charge in [0, 0.05) is 11.5 Å². The van der Waals surface area contributed by atoms with E-state index in [1.54, 1.807) is 18.8 Å². The Morgan fingerprint density at radius 1 is 1.73 bits per heavy atom. The molecule has 1 rings (SSSR count). The Balaban J connectivity index is 2.47. The summed E-state index contributed by atoms with van der Waals surface area (Å²) in [5.74, 6) is 1.56. The van der Waals surface area contributed by atoms with Gasteiger partial charge in [-0.15, -0.1) is 0 Å². The standard InChI is InChI=1S/C7H13NO2S/c1-3-10-6(9)7(8-2)4-11-5-7/h8H,3-5H2,1-2H3. The van der Waals surface area contributed by atoms with E-state index in [0.717, 1.165) is 11.5 Å². The topological polar surface area (TPSA) is 38.3 Å². The summed E-state index contributed by atoms with van der Waals surface area (Å²) in [7, 11) is 1.80. The van der Waals surface area contributed by atoms with Gasteiger partial charge in [0.1, 0.15) is 5.54 Å². The molecule has 0 aliphatic carbocycles. The van der Waals surface area contributed by atoms with Crippen molar-refractivity contribution in [2.75, 3.05) is 25.2 Å². The highest BCUT2D eigenvalue weighted by atomic mass is 32.2. The third kappa shape index (κ3) is 1.51. The SMILES string of the molecule is CCOC(=O)C1(NC)CSC1. The van der Waals surface area contributed by atoms with E-state index in [4.69, 9.17) is 4.74 Å². The molecule has 0 saturated carbocycles. The molecule has 0 amide bonds. The molecule has 0 spiro atoms. The monoisotopic (exact) mass is 175 g/mol. The molecule has 0 atom stereocenters. The van der Waals surface area contributed by atoms with Crippen LogP contribution < -0.4 is 5.32 Å². The molecule has 0 bridgehead atoms. The van der Waals surface area contributed by atoms with E-state index in [1.807, 2.05) is 6.92 Å². The van der Waals surface area contributed by atoms with Crippen molar-refractivity contribution in [1.82, 2.24) is 5.32 Å². The van der Waals surface area contributed by atoms with Crippen LogP contribution in [0, 0.1) is 0 Å².